The summed E-state index contributed by atoms with van der Waals surface area (Å²) in [4.78, 5) is 19.0. The average Bonchev–Trinajstić information content (AvgIpc) is 3.21. The summed E-state index contributed by atoms with van der Waals surface area (Å²) in [5.74, 6) is 0.733. The molecule has 1 unspecified atom stereocenters. The van der Waals surface area contributed by atoms with Crippen LogP contribution < -0.4 is 20.9 Å². The molecule has 1 aliphatic heterocycles. The molecule has 1 heterocycles. The van der Waals surface area contributed by atoms with E-state index in [1.807, 2.05) is 24.3 Å². The summed E-state index contributed by atoms with van der Waals surface area (Å²) in [5.41, 5.74) is 4.22. The van der Waals surface area contributed by atoms with E-state index in [0.29, 0.717) is 18.2 Å². The zero-order valence-electron chi connectivity index (χ0n) is 17.9. The Kier molecular flexibility index (Phi) is 9.42. The number of guanidine groups is 1. The van der Waals surface area contributed by atoms with Gasteiger partial charge in [0, 0.05) is 44.0 Å². The second kappa shape index (κ2) is 11.8. The highest BCUT2D eigenvalue weighted by Gasteiger charge is 2.23. The number of rotatable bonds is 6. The Bertz CT molecular complexity index is 853. The monoisotopic (exact) mass is 521 g/mol. The van der Waals surface area contributed by atoms with Crippen molar-refractivity contribution in [3.8, 4) is 0 Å². The Labute approximate surface area is 196 Å². The number of aliphatic imine (C=N–C) groups is 1. The van der Waals surface area contributed by atoms with Crippen molar-refractivity contribution in [1.82, 2.24) is 16.0 Å². The molecule has 1 saturated heterocycles. The number of hydrogen-bond acceptors (Lipinski definition) is 3. The van der Waals surface area contributed by atoms with E-state index in [4.69, 9.17) is 4.99 Å². The maximum Gasteiger partial charge on any atom is 0.251 e. The molecule has 7 heteroatoms. The van der Waals surface area contributed by atoms with Gasteiger partial charge in [0.1, 0.15) is 0 Å². The Hall–Kier alpha value is -2.29. The van der Waals surface area contributed by atoms with E-state index in [0.717, 1.165) is 37.6 Å². The molecule has 1 atom stereocenters. The molecular weight excluding hydrogens is 489 g/mol. The van der Waals surface area contributed by atoms with E-state index in [1.54, 1.807) is 7.05 Å². The molecule has 0 aliphatic carbocycles. The number of nitrogens with one attached hydrogen (secondary N) is 3. The number of anilines is 1. The molecule has 2 aromatic rings. The molecule has 1 aliphatic rings. The molecule has 1 fully saturated rings. The summed E-state index contributed by atoms with van der Waals surface area (Å²) in [6.45, 7) is 7.50. The van der Waals surface area contributed by atoms with E-state index in [1.165, 1.54) is 11.3 Å². The number of halogens is 1. The first kappa shape index (κ1) is 24.0. The molecule has 3 N–H and O–H groups in total. The van der Waals surface area contributed by atoms with Gasteiger partial charge < -0.3 is 20.9 Å². The van der Waals surface area contributed by atoms with Gasteiger partial charge in [-0.2, -0.15) is 0 Å². The van der Waals surface area contributed by atoms with Gasteiger partial charge in [0.05, 0.1) is 6.54 Å². The lowest BCUT2D eigenvalue weighted by Gasteiger charge is -2.20. The average molecular weight is 521 g/mol. The van der Waals surface area contributed by atoms with Crippen molar-refractivity contribution in [2.24, 2.45) is 4.99 Å². The fourth-order valence-electron chi connectivity index (χ4n) is 3.51. The quantitative estimate of drug-likeness (QED) is 0.310. The number of carbonyl (C=O) groups excluding carboxylic acids is 1. The largest absolute Gasteiger partial charge is 0.369 e. The Balaban J connectivity index is 0.00000320. The van der Waals surface area contributed by atoms with Gasteiger partial charge in [-0.3, -0.25) is 4.79 Å². The van der Waals surface area contributed by atoms with Crippen LogP contribution in [0.1, 0.15) is 34.8 Å². The molecule has 3 rings (SSSR count). The normalized spacial score (nSPS) is 16.0. The van der Waals surface area contributed by atoms with E-state index in [-0.39, 0.29) is 29.9 Å². The number of nitrogens with zero attached hydrogens (tertiary/aromatic N) is 2. The van der Waals surface area contributed by atoms with Crippen LogP contribution in [-0.2, 0) is 6.54 Å². The molecule has 1 amide bonds. The fraction of sp³-hybridized carbons (Fsp3) is 0.391. The molecule has 0 spiro atoms. The van der Waals surface area contributed by atoms with Crippen LogP contribution in [0.5, 0.6) is 0 Å². The van der Waals surface area contributed by atoms with Crippen LogP contribution in [0.3, 0.4) is 0 Å². The van der Waals surface area contributed by atoms with E-state index >= 15 is 0 Å². The topological polar surface area (TPSA) is 68.8 Å². The van der Waals surface area contributed by atoms with E-state index in [9.17, 15) is 4.79 Å². The van der Waals surface area contributed by atoms with Crippen LogP contribution >= 0.6 is 24.0 Å². The minimum absolute atomic E-state index is 0. The molecule has 6 nitrogen and oxygen atoms in total. The highest BCUT2D eigenvalue weighted by atomic mass is 127. The molecule has 30 heavy (non-hydrogen) atoms. The summed E-state index contributed by atoms with van der Waals surface area (Å²) in [5, 5.41) is 9.55. The second-order valence-electron chi connectivity index (χ2n) is 7.39. The van der Waals surface area contributed by atoms with Crippen molar-refractivity contribution >= 4 is 41.5 Å². The zero-order chi connectivity index (χ0) is 20.6. The first-order valence-electron chi connectivity index (χ1n) is 10.3. The van der Waals surface area contributed by atoms with Gasteiger partial charge in [0.2, 0.25) is 0 Å². The van der Waals surface area contributed by atoms with Crippen LogP contribution in [-0.4, -0.2) is 44.6 Å². The summed E-state index contributed by atoms with van der Waals surface area (Å²) in [7, 11) is 1.64. The van der Waals surface area contributed by atoms with E-state index in [2.05, 4.69) is 59.0 Å². The van der Waals surface area contributed by atoms with Crippen molar-refractivity contribution in [2.75, 3.05) is 31.6 Å². The highest BCUT2D eigenvalue weighted by molar-refractivity contribution is 14.0. The third-order valence-electron chi connectivity index (χ3n) is 5.11. The molecule has 0 aromatic heterocycles. The molecule has 0 bridgehead atoms. The maximum atomic E-state index is 11.8. The Morgan fingerprint density at radius 2 is 1.97 bits per heavy atom. The standard InChI is InChI=1S/C23H31N5O.HI/c1-4-25-23(26-15-18-6-5-7-19(14-18)22(29)24-3)27-20-12-13-28(16-20)21-10-8-17(2)9-11-21;/h5-11,14,20H,4,12-13,15-16H2,1-3H3,(H,24,29)(H2,25,26,27);1H. The van der Waals surface area contributed by atoms with Gasteiger partial charge in [0.15, 0.2) is 5.96 Å². The maximum absolute atomic E-state index is 11.8. The van der Waals surface area contributed by atoms with Crippen molar-refractivity contribution in [3.63, 3.8) is 0 Å². The summed E-state index contributed by atoms with van der Waals surface area (Å²) < 4.78 is 0. The summed E-state index contributed by atoms with van der Waals surface area (Å²) in [6.07, 6.45) is 1.07. The fourth-order valence-corrected chi connectivity index (χ4v) is 3.51. The Morgan fingerprint density at radius 3 is 2.67 bits per heavy atom. The van der Waals surface area contributed by atoms with Crippen LogP contribution in [0.25, 0.3) is 0 Å². The van der Waals surface area contributed by atoms with Crippen molar-refractivity contribution in [3.05, 3.63) is 65.2 Å². The van der Waals surface area contributed by atoms with Crippen molar-refractivity contribution in [1.29, 1.82) is 0 Å². The number of benzene rings is 2. The van der Waals surface area contributed by atoms with Crippen molar-refractivity contribution in [2.45, 2.75) is 32.9 Å². The molecule has 0 radical (unpaired) electrons. The minimum atomic E-state index is -0.0805. The highest BCUT2D eigenvalue weighted by Crippen LogP contribution is 2.20. The summed E-state index contributed by atoms with van der Waals surface area (Å²) >= 11 is 0. The van der Waals surface area contributed by atoms with Gasteiger partial charge >= 0.3 is 0 Å². The van der Waals surface area contributed by atoms with Gasteiger partial charge in [-0.25, -0.2) is 4.99 Å². The molecule has 162 valence electrons. The van der Waals surface area contributed by atoms with Crippen LogP contribution in [0.4, 0.5) is 5.69 Å². The number of aryl methyl sites for hydroxylation is 1. The predicted molar refractivity (Wildman–Crippen MR) is 135 cm³/mol. The second-order valence-corrected chi connectivity index (χ2v) is 7.39. The zero-order valence-corrected chi connectivity index (χ0v) is 20.3. The van der Waals surface area contributed by atoms with Crippen LogP contribution in [0.2, 0.25) is 0 Å². The van der Waals surface area contributed by atoms with Gasteiger partial charge in [0.25, 0.3) is 5.91 Å². The lowest BCUT2D eigenvalue weighted by molar-refractivity contribution is 0.0963. The lowest BCUT2D eigenvalue weighted by Crippen LogP contribution is -2.44. The van der Waals surface area contributed by atoms with Gasteiger partial charge in [-0.1, -0.05) is 29.8 Å². The smallest absolute Gasteiger partial charge is 0.251 e. The first-order valence-corrected chi connectivity index (χ1v) is 10.3. The molecule has 2 aromatic carbocycles. The third-order valence-corrected chi connectivity index (χ3v) is 5.11. The lowest BCUT2D eigenvalue weighted by atomic mass is 10.1. The summed E-state index contributed by atoms with van der Waals surface area (Å²) in [6, 6.07) is 16.6. The minimum Gasteiger partial charge on any atom is -0.369 e. The van der Waals surface area contributed by atoms with Crippen molar-refractivity contribution < 1.29 is 4.79 Å². The van der Waals surface area contributed by atoms with Crippen LogP contribution in [0.15, 0.2) is 53.5 Å². The predicted octanol–water partition coefficient (Wildman–Crippen LogP) is 3.31. The van der Waals surface area contributed by atoms with Gasteiger partial charge in [-0.05, 0) is 50.1 Å². The number of carbonyl (C=O) groups is 1. The first-order chi connectivity index (χ1) is 14.1. The van der Waals surface area contributed by atoms with Gasteiger partial charge in [-0.15, -0.1) is 24.0 Å². The van der Waals surface area contributed by atoms with Crippen LogP contribution in [0, 0.1) is 6.92 Å². The SMILES string of the molecule is CCNC(=NCc1cccc(C(=O)NC)c1)NC1CCN(c2ccc(C)cc2)C1.I. The van der Waals surface area contributed by atoms with E-state index < -0.39 is 0 Å². The number of amides is 1. The molecular formula is C23H32IN5O. The molecule has 0 saturated carbocycles. The third kappa shape index (κ3) is 6.62. The Morgan fingerprint density at radius 1 is 1.20 bits per heavy atom. The number of hydrogen-bond donors (Lipinski definition) is 3.